The monoisotopic (exact) mass is 380 g/mol. The summed E-state index contributed by atoms with van der Waals surface area (Å²) in [5.41, 5.74) is 0.853. The Bertz CT molecular complexity index is 852. The van der Waals surface area contributed by atoms with Gasteiger partial charge < -0.3 is 15.4 Å². The van der Waals surface area contributed by atoms with Gasteiger partial charge in [0.25, 0.3) is 0 Å². The van der Waals surface area contributed by atoms with Crippen LogP contribution in [0.15, 0.2) is 18.2 Å². The highest BCUT2D eigenvalue weighted by Gasteiger charge is 2.19. The second kappa shape index (κ2) is 7.50. The van der Waals surface area contributed by atoms with Crippen molar-refractivity contribution in [3.63, 3.8) is 0 Å². The molecule has 1 saturated carbocycles. The van der Waals surface area contributed by atoms with Crippen molar-refractivity contribution in [3.8, 4) is 0 Å². The summed E-state index contributed by atoms with van der Waals surface area (Å²) in [6.45, 7) is 0. The van der Waals surface area contributed by atoms with E-state index in [0.29, 0.717) is 26.5 Å². The SMILES string of the molecule is O=C(C=Cc1c(C(=O)O)[nH]c2cc(Cl)cc(Cl)c12)NC1CCCCC1. The molecule has 1 aliphatic rings. The van der Waals surface area contributed by atoms with Gasteiger partial charge in [0.1, 0.15) is 5.69 Å². The van der Waals surface area contributed by atoms with Crippen molar-refractivity contribution in [1.82, 2.24) is 10.3 Å². The maximum atomic E-state index is 12.2. The van der Waals surface area contributed by atoms with Crippen LogP contribution in [0.3, 0.4) is 0 Å². The molecule has 3 rings (SSSR count). The van der Waals surface area contributed by atoms with Gasteiger partial charge in [0.05, 0.1) is 5.02 Å². The Balaban J connectivity index is 1.90. The van der Waals surface area contributed by atoms with Crippen molar-refractivity contribution in [3.05, 3.63) is 39.5 Å². The van der Waals surface area contributed by atoms with E-state index in [0.717, 1.165) is 25.7 Å². The van der Waals surface area contributed by atoms with E-state index in [1.54, 1.807) is 12.1 Å². The third-order valence-electron chi connectivity index (χ3n) is 4.42. The number of benzene rings is 1. The molecule has 2 aromatic rings. The van der Waals surface area contributed by atoms with E-state index in [9.17, 15) is 14.7 Å². The van der Waals surface area contributed by atoms with Gasteiger partial charge in [0.15, 0.2) is 0 Å². The van der Waals surface area contributed by atoms with Gasteiger partial charge in [-0.15, -0.1) is 0 Å². The lowest BCUT2D eigenvalue weighted by atomic mass is 9.95. The molecule has 1 aromatic heterocycles. The predicted molar refractivity (Wildman–Crippen MR) is 99.3 cm³/mol. The van der Waals surface area contributed by atoms with Gasteiger partial charge in [-0.1, -0.05) is 42.5 Å². The number of aromatic nitrogens is 1. The molecule has 0 radical (unpaired) electrons. The number of carbonyl (C=O) groups is 2. The van der Waals surface area contributed by atoms with E-state index in [1.165, 1.54) is 18.6 Å². The fourth-order valence-corrected chi connectivity index (χ4v) is 3.86. The minimum atomic E-state index is -1.13. The standard InChI is InChI=1S/C18H18Cl2N2O3/c19-10-8-13(20)16-12(17(18(24)25)22-14(16)9-10)6-7-15(23)21-11-4-2-1-3-5-11/h6-9,11,22H,1-5H2,(H,21,23)(H,24,25). The average molecular weight is 381 g/mol. The summed E-state index contributed by atoms with van der Waals surface area (Å²) in [6.07, 6.45) is 8.26. The summed E-state index contributed by atoms with van der Waals surface area (Å²) < 4.78 is 0. The van der Waals surface area contributed by atoms with Gasteiger partial charge in [0.2, 0.25) is 5.91 Å². The van der Waals surface area contributed by atoms with Crippen molar-refractivity contribution < 1.29 is 14.7 Å². The lowest BCUT2D eigenvalue weighted by molar-refractivity contribution is -0.117. The Morgan fingerprint density at radius 2 is 1.92 bits per heavy atom. The molecule has 1 aromatic carbocycles. The number of amides is 1. The molecule has 1 fully saturated rings. The van der Waals surface area contributed by atoms with E-state index in [-0.39, 0.29) is 17.6 Å². The Morgan fingerprint density at radius 1 is 1.20 bits per heavy atom. The number of hydrogen-bond acceptors (Lipinski definition) is 2. The normalized spacial score (nSPS) is 15.8. The Kier molecular flexibility index (Phi) is 5.35. The first-order valence-electron chi connectivity index (χ1n) is 8.18. The second-order valence-electron chi connectivity index (χ2n) is 6.21. The highest BCUT2D eigenvalue weighted by atomic mass is 35.5. The van der Waals surface area contributed by atoms with Crippen LogP contribution >= 0.6 is 23.2 Å². The fourth-order valence-electron chi connectivity index (χ4n) is 3.26. The fraction of sp³-hybridized carbons (Fsp3) is 0.333. The number of carboxylic acids is 1. The molecule has 0 atom stereocenters. The quantitative estimate of drug-likeness (QED) is 0.675. The van der Waals surface area contributed by atoms with Crippen LogP contribution in [-0.2, 0) is 4.79 Å². The summed E-state index contributed by atoms with van der Waals surface area (Å²) in [4.78, 5) is 26.5. The minimum Gasteiger partial charge on any atom is -0.477 e. The van der Waals surface area contributed by atoms with Crippen LogP contribution in [0, 0.1) is 0 Å². The first kappa shape index (κ1) is 17.8. The lowest BCUT2D eigenvalue weighted by Crippen LogP contribution is -2.34. The van der Waals surface area contributed by atoms with Crippen molar-refractivity contribution in [1.29, 1.82) is 0 Å². The van der Waals surface area contributed by atoms with Crippen LogP contribution < -0.4 is 5.32 Å². The molecule has 1 amide bonds. The number of nitrogens with one attached hydrogen (secondary N) is 2. The van der Waals surface area contributed by atoms with E-state index in [1.807, 2.05) is 0 Å². The number of aromatic amines is 1. The summed E-state index contributed by atoms with van der Waals surface area (Å²) in [5.74, 6) is -1.36. The van der Waals surface area contributed by atoms with Crippen molar-refractivity contribution in [2.24, 2.45) is 0 Å². The molecule has 132 valence electrons. The zero-order valence-electron chi connectivity index (χ0n) is 13.4. The highest BCUT2D eigenvalue weighted by molar-refractivity contribution is 6.39. The summed E-state index contributed by atoms with van der Waals surface area (Å²) in [7, 11) is 0. The molecule has 0 aliphatic heterocycles. The number of carbonyl (C=O) groups excluding carboxylic acids is 1. The largest absolute Gasteiger partial charge is 0.477 e. The number of carboxylic acid groups (broad SMARTS) is 1. The maximum absolute atomic E-state index is 12.2. The van der Waals surface area contributed by atoms with Crippen LogP contribution in [-0.4, -0.2) is 28.0 Å². The number of hydrogen-bond donors (Lipinski definition) is 3. The van der Waals surface area contributed by atoms with E-state index in [2.05, 4.69) is 10.3 Å². The Hall–Kier alpha value is -1.98. The number of fused-ring (bicyclic) bond motifs is 1. The van der Waals surface area contributed by atoms with E-state index < -0.39 is 5.97 Å². The van der Waals surface area contributed by atoms with Crippen molar-refractivity contribution >= 4 is 52.1 Å². The van der Waals surface area contributed by atoms with Crippen molar-refractivity contribution in [2.45, 2.75) is 38.1 Å². The number of rotatable bonds is 4. The molecule has 25 heavy (non-hydrogen) atoms. The van der Waals surface area contributed by atoms with E-state index >= 15 is 0 Å². The summed E-state index contributed by atoms with van der Waals surface area (Å²) in [6, 6.07) is 3.34. The summed E-state index contributed by atoms with van der Waals surface area (Å²) in [5, 5.41) is 13.6. The van der Waals surface area contributed by atoms with Crippen LogP contribution in [0.4, 0.5) is 0 Å². The third kappa shape index (κ3) is 3.99. The van der Waals surface area contributed by atoms with E-state index in [4.69, 9.17) is 23.2 Å². The van der Waals surface area contributed by atoms with Crippen LogP contribution in [0.5, 0.6) is 0 Å². The molecule has 0 bridgehead atoms. The molecule has 5 nitrogen and oxygen atoms in total. The van der Waals surface area contributed by atoms with Gasteiger partial charge in [-0.3, -0.25) is 4.79 Å². The first-order valence-corrected chi connectivity index (χ1v) is 8.94. The second-order valence-corrected chi connectivity index (χ2v) is 7.05. The Labute approximate surface area is 155 Å². The number of H-pyrrole nitrogens is 1. The van der Waals surface area contributed by atoms with Crippen molar-refractivity contribution in [2.75, 3.05) is 0 Å². The lowest BCUT2D eigenvalue weighted by Gasteiger charge is -2.21. The smallest absolute Gasteiger partial charge is 0.352 e. The predicted octanol–water partition coefficient (Wildman–Crippen LogP) is 4.64. The van der Waals surface area contributed by atoms with Crippen LogP contribution in [0.2, 0.25) is 10.0 Å². The molecule has 1 aliphatic carbocycles. The number of halogens is 2. The topological polar surface area (TPSA) is 82.2 Å². The molecular weight excluding hydrogens is 363 g/mol. The highest BCUT2D eigenvalue weighted by Crippen LogP contribution is 2.33. The minimum absolute atomic E-state index is 0.0270. The van der Waals surface area contributed by atoms with Gasteiger partial charge >= 0.3 is 5.97 Å². The first-order chi connectivity index (χ1) is 12.0. The molecule has 1 heterocycles. The Morgan fingerprint density at radius 3 is 2.60 bits per heavy atom. The van der Waals surface area contributed by atoms with Gasteiger partial charge in [-0.05, 0) is 31.1 Å². The average Bonchev–Trinajstić information content (AvgIpc) is 2.93. The molecule has 3 N–H and O–H groups in total. The van der Waals surface area contributed by atoms with Crippen LogP contribution in [0.25, 0.3) is 17.0 Å². The maximum Gasteiger partial charge on any atom is 0.352 e. The molecule has 0 spiro atoms. The molecule has 0 saturated heterocycles. The zero-order valence-corrected chi connectivity index (χ0v) is 15.0. The van der Waals surface area contributed by atoms with Crippen LogP contribution in [0.1, 0.15) is 48.2 Å². The molecule has 7 heteroatoms. The van der Waals surface area contributed by atoms with Gasteiger partial charge in [-0.25, -0.2) is 4.79 Å². The molecular formula is C18H18Cl2N2O3. The summed E-state index contributed by atoms with van der Waals surface area (Å²) >= 11 is 12.2. The van der Waals surface area contributed by atoms with Gasteiger partial charge in [-0.2, -0.15) is 0 Å². The number of aromatic carboxylic acids is 1. The van der Waals surface area contributed by atoms with Gasteiger partial charge in [0, 0.05) is 33.6 Å². The third-order valence-corrected chi connectivity index (χ3v) is 4.94. The molecule has 0 unspecified atom stereocenters. The zero-order chi connectivity index (χ0) is 18.0.